The van der Waals surface area contributed by atoms with E-state index in [0.717, 1.165) is 30.0 Å². The number of hydrogen-bond donors (Lipinski definition) is 3. The van der Waals surface area contributed by atoms with Gasteiger partial charge in [0, 0.05) is 23.2 Å². The number of fused-ring (bicyclic) bond motifs is 2. The van der Waals surface area contributed by atoms with E-state index in [1.165, 1.54) is 11.3 Å². The molecule has 0 aliphatic carbocycles. The number of carbonyl (C=O) groups excluding carboxylic acids is 1. The Morgan fingerprint density at radius 3 is 2.92 bits per heavy atom. The molecule has 0 saturated carbocycles. The first-order valence-corrected chi connectivity index (χ1v) is 8.79. The minimum Gasteiger partial charge on any atom is -0.486 e. The van der Waals surface area contributed by atoms with Crippen LogP contribution >= 0.6 is 11.3 Å². The van der Waals surface area contributed by atoms with Crippen LogP contribution in [0.25, 0.3) is 0 Å². The summed E-state index contributed by atoms with van der Waals surface area (Å²) in [5.41, 5.74) is 2.21. The van der Waals surface area contributed by atoms with Gasteiger partial charge < -0.3 is 20.1 Å². The topological polar surface area (TPSA) is 95.4 Å². The van der Waals surface area contributed by atoms with E-state index < -0.39 is 0 Å². The lowest BCUT2D eigenvalue weighted by Gasteiger charge is -2.19. The van der Waals surface area contributed by atoms with Crippen LogP contribution in [0.3, 0.4) is 0 Å². The molecule has 128 valence electrons. The highest BCUT2D eigenvalue weighted by atomic mass is 32.1. The first-order valence-electron chi connectivity index (χ1n) is 7.97. The highest BCUT2D eigenvalue weighted by Crippen LogP contribution is 2.35. The predicted octanol–water partition coefficient (Wildman–Crippen LogP) is 2.68. The highest BCUT2D eigenvalue weighted by molar-refractivity contribution is 7.16. The molecule has 1 aromatic heterocycles. The third-order valence-corrected chi connectivity index (χ3v) is 5.21. The fraction of sp³-hybridized carbons (Fsp3) is 0.294. The Morgan fingerprint density at radius 2 is 2.08 bits per heavy atom. The van der Waals surface area contributed by atoms with Gasteiger partial charge in [-0.1, -0.05) is 0 Å². The number of amides is 2. The zero-order chi connectivity index (χ0) is 17.2. The van der Waals surface area contributed by atoms with E-state index in [0.29, 0.717) is 41.0 Å². The first-order chi connectivity index (χ1) is 12.2. The number of hydrogen-bond acceptors (Lipinski definition) is 6. The van der Waals surface area contributed by atoms with Gasteiger partial charge in [0.2, 0.25) is 0 Å². The molecule has 0 unspecified atom stereocenters. The molecule has 0 atom stereocenters. The van der Waals surface area contributed by atoms with Crippen LogP contribution in [0.15, 0.2) is 18.2 Å². The van der Waals surface area contributed by atoms with Crippen molar-refractivity contribution in [2.24, 2.45) is 0 Å². The second-order valence-corrected chi connectivity index (χ2v) is 6.79. The molecular weight excluding hydrogens is 340 g/mol. The number of rotatable bonds is 2. The van der Waals surface area contributed by atoms with Crippen molar-refractivity contribution in [2.75, 3.05) is 30.4 Å². The summed E-state index contributed by atoms with van der Waals surface area (Å²) in [5.74, 6) is 1.28. The van der Waals surface area contributed by atoms with Crippen molar-refractivity contribution in [3.8, 4) is 17.6 Å². The van der Waals surface area contributed by atoms with Crippen molar-refractivity contribution in [3.63, 3.8) is 0 Å². The fourth-order valence-electron chi connectivity index (χ4n) is 2.93. The van der Waals surface area contributed by atoms with Gasteiger partial charge in [0.15, 0.2) is 11.5 Å². The van der Waals surface area contributed by atoms with Crippen molar-refractivity contribution >= 4 is 28.1 Å². The van der Waals surface area contributed by atoms with Crippen LogP contribution in [0.1, 0.15) is 16.0 Å². The molecule has 8 heteroatoms. The molecule has 0 fully saturated rings. The van der Waals surface area contributed by atoms with Gasteiger partial charge in [-0.15, -0.1) is 11.3 Å². The van der Waals surface area contributed by atoms with Gasteiger partial charge in [0.1, 0.15) is 24.3 Å². The predicted molar refractivity (Wildman–Crippen MR) is 94.5 cm³/mol. The third-order valence-electron chi connectivity index (χ3n) is 4.07. The minimum absolute atomic E-state index is 0.389. The van der Waals surface area contributed by atoms with E-state index in [9.17, 15) is 10.1 Å². The summed E-state index contributed by atoms with van der Waals surface area (Å²) in [7, 11) is 0. The van der Waals surface area contributed by atoms with Crippen LogP contribution in [-0.4, -0.2) is 25.8 Å². The number of nitriles is 1. The Hall–Kier alpha value is -2.76. The Morgan fingerprint density at radius 1 is 1.24 bits per heavy atom. The van der Waals surface area contributed by atoms with E-state index >= 15 is 0 Å². The summed E-state index contributed by atoms with van der Waals surface area (Å²) in [6.45, 7) is 2.60. The Labute approximate surface area is 148 Å². The molecule has 2 aromatic rings. The molecule has 2 amide bonds. The quantitative estimate of drug-likeness (QED) is 0.769. The summed E-state index contributed by atoms with van der Waals surface area (Å²) in [6, 6.07) is 7.07. The summed E-state index contributed by atoms with van der Waals surface area (Å²) >= 11 is 1.45. The maximum absolute atomic E-state index is 12.3. The zero-order valence-corrected chi connectivity index (χ0v) is 14.2. The average molecular weight is 356 g/mol. The van der Waals surface area contributed by atoms with E-state index in [1.54, 1.807) is 18.2 Å². The van der Waals surface area contributed by atoms with Crippen molar-refractivity contribution in [1.29, 1.82) is 5.26 Å². The smallest absolute Gasteiger partial charge is 0.324 e. The zero-order valence-electron chi connectivity index (χ0n) is 13.3. The number of anilines is 2. The van der Waals surface area contributed by atoms with E-state index in [2.05, 4.69) is 22.0 Å². The molecule has 0 bridgehead atoms. The molecule has 4 rings (SSSR count). The third kappa shape index (κ3) is 3.12. The maximum atomic E-state index is 12.3. The van der Waals surface area contributed by atoms with E-state index in [4.69, 9.17) is 9.47 Å². The van der Waals surface area contributed by atoms with E-state index in [1.807, 2.05) is 0 Å². The molecule has 25 heavy (non-hydrogen) atoms. The molecule has 0 radical (unpaired) electrons. The van der Waals surface area contributed by atoms with Crippen LogP contribution < -0.4 is 25.4 Å². The average Bonchev–Trinajstić information content (AvgIpc) is 2.98. The number of urea groups is 1. The number of ether oxygens (including phenoxy) is 2. The normalized spacial score (nSPS) is 15.0. The SMILES string of the molecule is N#Cc1c(NC(=O)Nc2ccc3c(c2)OCCO3)sc2c1CCNC2. The lowest BCUT2D eigenvalue weighted by Crippen LogP contribution is -2.22. The summed E-state index contributed by atoms with van der Waals surface area (Å²) in [5, 5.41) is 18.9. The number of benzene rings is 1. The molecule has 2 aliphatic heterocycles. The molecule has 0 spiro atoms. The molecule has 7 nitrogen and oxygen atoms in total. The molecule has 3 N–H and O–H groups in total. The van der Waals surface area contributed by atoms with Gasteiger partial charge in [0.05, 0.1) is 5.56 Å². The van der Waals surface area contributed by atoms with Crippen LogP contribution in [0, 0.1) is 11.3 Å². The van der Waals surface area contributed by atoms with Crippen molar-refractivity contribution in [1.82, 2.24) is 5.32 Å². The molecule has 2 aliphatic rings. The van der Waals surface area contributed by atoms with Crippen LogP contribution in [0.4, 0.5) is 15.5 Å². The first kappa shape index (κ1) is 15.7. The van der Waals surface area contributed by atoms with Gasteiger partial charge in [-0.3, -0.25) is 5.32 Å². The Kier molecular flexibility index (Phi) is 4.17. The van der Waals surface area contributed by atoms with Crippen LogP contribution in [0.2, 0.25) is 0 Å². The second kappa shape index (κ2) is 6.63. The number of nitrogens with one attached hydrogen (secondary N) is 3. The Balaban J connectivity index is 1.49. The molecular formula is C17H16N4O3S. The number of nitrogens with zero attached hydrogens (tertiary/aromatic N) is 1. The maximum Gasteiger partial charge on any atom is 0.324 e. The lowest BCUT2D eigenvalue weighted by atomic mass is 10.1. The molecule has 3 heterocycles. The van der Waals surface area contributed by atoms with Crippen LogP contribution in [-0.2, 0) is 13.0 Å². The lowest BCUT2D eigenvalue weighted by molar-refractivity contribution is 0.171. The van der Waals surface area contributed by atoms with Gasteiger partial charge in [-0.25, -0.2) is 4.79 Å². The van der Waals surface area contributed by atoms with Gasteiger partial charge in [-0.2, -0.15) is 5.26 Å². The largest absolute Gasteiger partial charge is 0.486 e. The van der Waals surface area contributed by atoms with Crippen molar-refractivity contribution < 1.29 is 14.3 Å². The van der Waals surface area contributed by atoms with Gasteiger partial charge >= 0.3 is 6.03 Å². The van der Waals surface area contributed by atoms with Crippen molar-refractivity contribution in [3.05, 3.63) is 34.2 Å². The Bertz CT molecular complexity index is 872. The summed E-state index contributed by atoms with van der Waals surface area (Å²) in [4.78, 5) is 13.4. The van der Waals surface area contributed by atoms with Crippen molar-refractivity contribution in [2.45, 2.75) is 13.0 Å². The van der Waals surface area contributed by atoms with Crippen LogP contribution in [0.5, 0.6) is 11.5 Å². The summed E-state index contributed by atoms with van der Waals surface area (Å²) < 4.78 is 11.0. The fourth-order valence-corrected chi connectivity index (χ4v) is 4.09. The van der Waals surface area contributed by atoms with Gasteiger partial charge in [-0.05, 0) is 30.7 Å². The minimum atomic E-state index is -0.389. The highest BCUT2D eigenvalue weighted by Gasteiger charge is 2.21. The molecule has 1 aromatic carbocycles. The monoisotopic (exact) mass is 356 g/mol. The number of thiophene rings is 1. The molecule has 0 saturated heterocycles. The van der Waals surface area contributed by atoms with Gasteiger partial charge in [0.25, 0.3) is 0 Å². The second-order valence-electron chi connectivity index (χ2n) is 5.68. The number of carbonyl (C=O) groups is 1. The summed E-state index contributed by atoms with van der Waals surface area (Å²) in [6.07, 6.45) is 0.806. The van der Waals surface area contributed by atoms with E-state index in [-0.39, 0.29) is 6.03 Å². The standard InChI is InChI=1S/C17H16N4O3S/c18-8-12-11-3-4-19-9-15(11)25-16(12)21-17(22)20-10-1-2-13-14(7-10)24-6-5-23-13/h1-2,7,19H,3-6,9H2,(H2,20,21,22).